The average molecular weight is 345 g/mol. The molecule has 0 aromatic heterocycles. The predicted octanol–water partition coefficient (Wildman–Crippen LogP) is 1.35. The minimum atomic E-state index is -0.242. The van der Waals surface area contributed by atoms with Crippen molar-refractivity contribution in [2.45, 2.75) is 31.2 Å². The van der Waals surface area contributed by atoms with Crippen LogP contribution in [0.3, 0.4) is 0 Å². The van der Waals surface area contributed by atoms with E-state index in [0.717, 1.165) is 37.9 Å². The molecule has 0 unspecified atom stereocenters. The minimum Gasteiger partial charge on any atom is -0.352 e. The number of hydrogen-bond donors (Lipinski definition) is 1. The van der Waals surface area contributed by atoms with Crippen molar-refractivity contribution in [1.82, 2.24) is 15.1 Å². The number of nitrogens with zero attached hydrogens (tertiary/aromatic N) is 2. The highest BCUT2D eigenvalue weighted by Gasteiger charge is 2.46. The Morgan fingerprint density at radius 2 is 1.92 bits per heavy atom. The smallest absolute Gasteiger partial charge is 0.234 e. The van der Waals surface area contributed by atoms with Crippen molar-refractivity contribution in [1.29, 1.82) is 0 Å². The van der Waals surface area contributed by atoms with Crippen LogP contribution in [0.5, 0.6) is 0 Å². The van der Waals surface area contributed by atoms with Crippen molar-refractivity contribution in [3.05, 3.63) is 35.6 Å². The van der Waals surface area contributed by atoms with Gasteiger partial charge in [-0.3, -0.25) is 14.5 Å². The van der Waals surface area contributed by atoms with Crippen molar-refractivity contribution < 1.29 is 14.0 Å². The molecule has 6 heteroatoms. The lowest BCUT2D eigenvalue weighted by atomic mass is 10.1. The van der Waals surface area contributed by atoms with E-state index in [1.54, 1.807) is 6.07 Å². The molecular formula is C19H24FN3O2. The van der Waals surface area contributed by atoms with Gasteiger partial charge in [0, 0.05) is 38.1 Å². The molecule has 1 aromatic rings. The number of piperazine rings is 1. The second kappa shape index (κ2) is 6.75. The van der Waals surface area contributed by atoms with E-state index in [2.05, 4.69) is 10.2 Å². The maximum absolute atomic E-state index is 13.3. The zero-order chi connectivity index (χ0) is 17.4. The molecule has 3 aliphatic rings. The third kappa shape index (κ3) is 4.00. The first-order valence-corrected chi connectivity index (χ1v) is 9.16. The molecule has 1 saturated heterocycles. The van der Waals surface area contributed by atoms with Gasteiger partial charge in [-0.2, -0.15) is 0 Å². The Kier molecular flexibility index (Phi) is 4.46. The fourth-order valence-electron chi connectivity index (χ4n) is 3.64. The van der Waals surface area contributed by atoms with Gasteiger partial charge in [-0.25, -0.2) is 4.39 Å². The summed E-state index contributed by atoms with van der Waals surface area (Å²) in [4.78, 5) is 28.5. The summed E-state index contributed by atoms with van der Waals surface area (Å²) in [6.07, 6.45) is 3.01. The van der Waals surface area contributed by atoms with Gasteiger partial charge in [-0.1, -0.05) is 12.1 Å². The number of carbonyl (C=O) groups excluding carboxylic acids is 2. The summed E-state index contributed by atoms with van der Waals surface area (Å²) in [7, 11) is 0. The molecule has 4 rings (SSSR count). The molecule has 2 saturated carbocycles. The van der Waals surface area contributed by atoms with Crippen LogP contribution in [-0.2, 0) is 9.59 Å². The Balaban J connectivity index is 1.24. The predicted molar refractivity (Wildman–Crippen MR) is 91.4 cm³/mol. The number of halogens is 1. The molecule has 0 spiro atoms. The first kappa shape index (κ1) is 16.5. The summed E-state index contributed by atoms with van der Waals surface area (Å²) in [6, 6.07) is 6.97. The lowest BCUT2D eigenvalue weighted by Crippen LogP contribution is -2.51. The van der Waals surface area contributed by atoms with Crippen LogP contribution in [0, 0.1) is 11.7 Å². The standard InChI is InChI=1S/C19H24FN3O2/c20-14-3-1-2-13(10-14)16-11-17(16)19(25)23-8-6-22(7-9-23)12-18(24)21-15-4-5-15/h1-3,10,15-17H,4-9,11-12H2,(H,21,24)/t16-,17+/m1/s1. The van der Waals surface area contributed by atoms with Crippen molar-refractivity contribution in [3.8, 4) is 0 Å². The fourth-order valence-corrected chi connectivity index (χ4v) is 3.64. The van der Waals surface area contributed by atoms with Crippen LogP contribution < -0.4 is 5.32 Å². The van der Waals surface area contributed by atoms with Crippen LogP contribution >= 0.6 is 0 Å². The van der Waals surface area contributed by atoms with Gasteiger partial charge in [0.1, 0.15) is 5.82 Å². The Morgan fingerprint density at radius 1 is 1.16 bits per heavy atom. The van der Waals surface area contributed by atoms with Crippen LogP contribution in [-0.4, -0.2) is 60.4 Å². The van der Waals surface area contributed by atoms with E-state index in [1.165, 1.54) is 12.1 Å². The van der Waals surface area contributed by atoms with E-state index in [-0.39, 0.29) is 29.5 Å². The quantitative estimate of drug-likeness (QED) is 0.877. The summed E-state index contributed by atoms with van der Waals surface area (Å²) >= 11 is 0. The number of benzene rings is 1. The summed E-state index contributed by atoms with van der Waals surface area (Å²) in [6.45, 7) is 3.24. The van der Waals surface area contributed by atoms with Gasteiger partial charge in [0.05, 0.1) is 6.54 Å². The lowest BCUT2D eigenvalue weighted by Gasteiger charge is -2.34. The number of rotatable bonds is 5. The molecule has 0 bridgehead atoms. The summed E-state index contributed by atoms with van der Waals surface area (Å²) < 4.78 is 13.3. The Morgan fingerprint density at radius 3 is 2.60 bits per heavy atom. The van der Waals surface area contributed by atoms with Gasteiger partial charge < -0.3 is 10.2 Å². The molecule has 1 heterocycles. The van der Waals surface area contributed by atoms with Crippen LogP contribution in [0.2, 0.25) is 0 Å². The molecule has 2 aliphatic carbocycles. The second-order valence-corrected chi connectivity index (χ2v) is 7.45. The highest BCUT2D eigenvalue weighted by molar-refractivity contribution is 5.83. The SMILES string of the molecule is O=C(CN1CCN(C(=O)[C@H]2C[C@@H]2c2cccc(F)c2)CC1)NC1CC1. The number of nitrogens with one attached hydrogen (secondary N) is 1. The lowest BCUT2D eigenvalue weighted by molar-refractivity contribution is -0.134. The van der Waals surface area contributed by atoms with Crippen LogP contribution in [0.1, 0.15) is 30.7 Å². The van der Waals surface area contributed by atoms with E-state index < -0.39 is 0 Å². The van der Waals surface area contributed by atoms with Crippen molar-refractivity contribution in [3.63, 3.8) is 0 Å². The zero-order valence-corrected chi connectivity index (χ0v) is 14.3. The van der Waals surface area contributed by atoms with Crippen LogP contribution in [0.4, 0.5) is 4.39 Å². The fraction of sp³-hybridized carbons (Fsp3) is 0.579. The van der Waals surface area contributed by atoms with Crippen molar-refractivity contribution >= 4 is 11.8 Å². The first-order valence-electron chi connectivity index (χ1n) is 9.16. The van der Waals surface area contributed by atoms with Crippen LogP contribution in [0.25, 0.3) is 0 Å². The van der Waals surface area contributed by atoms with E-state index in [0.29, 0.717) is 25.7 Å². The molecule has 1 N–H and O–H groups in total. The van der Waals surface area contributed by atoms with E-state index in [1.807, 2.05) is 11.0 Å². The maximum Gasteiger partial charge on any atom is 0.234 e. The molecule has 5 nitrogen and oxygen atoms in total. The number of amides is 2. The third-order valence-corrected chi connectivity index (χ3v) is 5.38. The Bertz CT molecular complexity index is 668. The van der Waals surface area contributed by atoms with Gasteiger partial charge in [0.2, 0.25) is 11.8 Å². The number of hydrogen-bond acceptors (Lipinski definition) is 3. The van der Waals surface area contributed by atoms with Gasteiger partial charge in [-0.05, 0) is 42.9 Å². The Hall–Kier alpha value is -1.95. The summed E-state index contributed by atoms with van der Waals surface area (Å²) in [5.74, 6) is 0.178. The summed E-state index contributed by atoms with van der Waals surface area (Å²) in [5, 5.41) is 3.00. The molecule has 0 radical (unpaired) electrons. The molecule has 25 heavy (non-hydrogen) atoms. The largest absolute Gasteiger partial charge is 0.352 e. The molecule has 134 valence electrons. The minimum absolute atomic E-state index is 0.00786. The highest BCUT2D eigenvalue weighted by Crippen LogP contribution is 2.48. The molecular weight excluding hydrogens is 321 g/mol. The van der Waals surface area contributed by atoms with Gasteiger partial charge in [0.25, 0.3) is 0 Å². The van der Waals surface area contributed by atoms with E-state index in [4.69, 9.17) is 0 Å². The second-order valence-electron chi connectivity index (χ2n) is 7.45. The van der Waals surface area contributed by atoms with E-state index in [9.17, 15) is 14.0 Å². The molecule has 1 aliphatic heterocycles. The molecule has 2 amide bonds. The third-order valence-electron chi connectivity index (χ3n) is 5.38. The zero-order valence-electron chi connectivity index (χ0n) is 14.3. The molecule has 2 atom stereocenters. The first-order chi connectivity index (χ1) is 12.1. The van der Waals surface area contributed by atoms with Gasteiger partial charge >= 0.3 is 0 Å². The molecule has 3 fully saturated rings. The normalized spacial score (nSPS) is 26.4. The van der Waals surface area contributed by atoms with Crippen LogP contribution in [0.15, 0.2) is 24.3 Å². The topological polar surface area (TPSA) is 52.7 Å². The summed E-state index contributed by atoms with van der Waals surface area (Å²) in [5.41, 5.74) is 0.925. The monoisotopic (exact) mass is 345 g/mol. The highest BCUT2D eigenvalue weighted by atomic mass is 19.1. The Labute approximate surface area is 147 Å². The average Bonchev–Trinajstić information content (AvgIpc) is 3.50. The van der Waals surface area contributed by atoms with Crippen molar-refractivity contribution in [2.24, 2.45) is 5.92 Å². The van der Waals surface area contributed by atoms with E-state index >= 15 is 0 Å². The molecule has 1 aromatic carbocycles. The van der Waals surface area contributed by atoms with Crippen molar-refractivity contribution in [2.75, 3.05) is 32.7 Å². The van der Waals surface area contributed by atoms with Gasteiger partial charge in [-0.15, -0.1) is 0 Å². The van der Waals surface area contributed by atoms with Gasteiger partial charge in [0.15, 0.2) is 0 Å². The maximum atomic E-state index is 13.3. The number of carbonyl (C=O) groups is 2.